The van der Waals surface area contributed by atoms with Crippen LogP contribution in [0.2, 0.25) is 0 Å². The number of aromatic amines is 1. The van der Waals surface area contributed by atoms with Gasteiger partial charge in [-0.15, -0.1) is 5.10 Å². The highest BCUT2D eigenvalue weighted by molar-refractivity contribution is 5.86. The van der Waals surface area contributed by atoms with Crippen LogP contribution in [0.1, 0.15) is 32.1 Å². The molecule has 0 unspecified atom stereocenters. The lowest BCUT2D eigenvalue weighted by atomic mass is 10.0. The van der Waals surface area contributed by atoms with Gasteiger partial charge in [0.25, 0.3) is 0 Å². The molecule has 3 aliphatic rings. The lowest BCUT2D eigenvalue weighted by Gasteiger charge is -2.26. The van der Waals surface area contributed by atoms with Gasteiger partial charge in [-0.05, 0) is 32.1 Å². The molecular formula is C19H23FN8O. The van der Waals surface area contributed by atoms with Crippen molar-refractivity contribution in [1.29, 1.82) is 0 Å². The summed E-state index contributed by atoms with van der Waals surface area (Å²) in [7, 11) is 0. The minimum Gasteiger partial charge on any atom is -0.378 e. The van der Waals surface area contributed by atoms with Crippen molar-refractivity contribution in [3.05, 3.63) is 18.7 Å². The van der Waals surface area contributed by atoms with Crippen LogP contribution in [-0.2, 0) is 4.74 Å². The van der Waals surface area contributed by atoms with E-state index in [1.165, 1.54) is 25.7 Å². The van der Waals surface area contributed by atoms with Crippen LogP contribution in [0.5, 0.6) is 0 Å². The van der Waals surface area contributed by atoms with E-state index in [0.717, 1.165) is 22.6 Å². The molecule has 152 valence electrons. The second-order valence-electron chi connectivity index (χ2n) is 8.13. The van der Waals surface area contributed by atoms with Gasteiger partial charge in [-0.2, -0.15) is 14.6 Å². The third-order valence-electron chi connectivity index (χ3n) is 6.45. The van der Waals surface area contributed by atoms with E-state index >= 15 is 0 Å². The minimum absolute atomic E-state index is 0.111. The number of hydrogen-bond donors (Lipinski definition) is 2. The number of fused-ring (bicyclic) bond motifs is 3. The normalized spacial score (nSPS) is 29.1. The minimum atomic E-state index is -1.07. The lowest BCUT2D eigenvalue weighted by Crippen LogP contribution is -2.39. The van der Waals surface area contributed by atoms with Gasteiger partial charge in [-0.1, -0.05) is 0 Å². The molecule has 3 saturated heterocycles. The second-order valence-corrected chi connectivity index (χ2v) is 8.13. The first kappa shape index (κ1) is 17.1. The Bertz CT molecular complexity index is 1000. The Labute approximate surface area is 166 Å². The fourth-order valence-electron chi connectivity index (χ4n) is 5.04. The lowest BCUT2D eigenvalue weighted by molar-refractivity contribution is 0.0284. The molecule has 3 fully saturated rings. The van der Waals surface area contributed by atoms with E-state index in [1.54, 1.807) is 17.0 Å². The van der Waals surface area contributed by atoms with E-state index in [9.17, 15) is 4.39 Å². The van der Waals surface area contributed by atoms with Crippen molar-refractivity contribution in [2.75, 3.05) is 23.4 Å². The molecule has 2 atom stereocenters. The number of alkyl halides is 1. The number of rotatable bonds is 4. The van der Waals surface area contributed by atoms with Crippen molar-refractivity contribution in [3.8, 4) is 11.3 Å². The van der Waals surface area contributed by atoms with Crippen LogP contribution in [0.15, 0.2) is 18.7 Å². The maximum absolute atomic E-state index is 14.2. The van der Waals surface area contributed by atoms with Gasteiger partial charge in [0.2, 0.25) is 5.95 Å². The predicted molar refractivity (Wildman–Crippen MR) is 105 cm³/mol. The van der Waals surface area contributed by atoms with Gasteiger partial charge < -0.3 is 15.0 Å². The smallest absolute Gasteiger partial charge is 0.243 e. The fraction of sp³-hybridized carbons (Fsp3) is 0.579. The molecule has 2 N–H and O–H groups in total. The first-order valence-corrected chi connectivity index (χ1v) is 10.3. The standard InChI is InChI=1S/C19H23FN8O/c20-14-9-29-6-5-15(14)24-19-25-18-17(28-12-1-2-13(28)4-3-12)16(11-7-22-23-8-11)21-10-27(18)26-19/h7-8,10,12-15H,1-6,9H2,(H,22,23)(H,24,26)/t12?,13?,14-,15+/m1/s1. The van der Waals surface area contributed by atoms with Crippen LogP contribution in [0, 0.1) is 0 Å². The summed E-state index contributed by atoms with van der Waals surface area (Å²) < 4.78 is 21.1. The molecular weight excluding hydrogens is 375 g/mol. The average molecular weight is 398 g/mol. The molecule has 0 radical (unpaired) electrons. The Balaban J connectivity index is 1.45. The van der Waals surface area contributed by atoms with Crippen LogP contribution in [0.3, 0.4) is 0 Å². The number of ether oxygens (including phenoxy) is 1. The van der Waals surface area contributed by atoms with Crippen molar-refractivity contribution in [2.45, 2.75) is 56.4 Å². The van der Waals surface area contributed by atoms with E-state index in [4.69, 9.17) is 14.7 Å². The van der Waals surface area contributed by atoms with Crippen molar-refractivity contribution in [1.82, 2.24) is 29.8 Å². The Morgan fingerprint density at radius 1 is 1.17 bits per heavy atom. The van der Waals surface area contributed by atoms with Crippen LogP contribution in [0.4, 0.5) is 16.0 Å². The predicted octanol–water partition coefficient (Wildman–Crippen LogP) is 2.18. The number of aromatic nitrogens is 6. The van der Waals surface area contributed by atoms with Gasteiger partial charge in [0.1, 0.15) is 23.9 Å². The van der Waals surface area contributed by atoms with Gasteiger partial charge >= 0.3 is 0 Å². The maximum Gasteiger partial charge on any atom is 0.243 e. The van der Waals surface area contributed by atoms with E-state index in [0.29, 0.717) is 31.1 Å². The summed E-state index contributed by atoms with van der Waals surface area (Å²) in [6.45, 7) is 0.652. The zero-order valence-electron chi connectivity index (χ0n) is 16.0. The second kappa shape index (κ2) is 6.65. The summed E-state index contributed by atoms with van der Waals surface area (Å²) in [6.07, 6.45) is 9.62. The summed E-state index contributed by atoms with van der Waals surface area (Å²) in [5, 5.41) is 14.7. The molecule has 9 nitrogen and oxygen atoms in total. The number of H-pyrrole nitrogens is 1. The Morgan fingerprint density at radius 3 is 2.72 bits per heavy atom. The molecule has 6 heterocycles. The molecule has 2 bridgehead atoms. The van der Waals surface area contributed by atoms with Gasteiger partial charge in [-0.3, -0.25) is 5.10 Å². The summed E-state index contributed by atoms with van der Waals surface area (Å²) in [4.78, 5) is 12.0. The zero-order chi connectivity index (χ0) is 19.4. The third kappa shape index (κ3) is 2.77. The SMILES string of the molecule is F[C@@H]1COCC[C@@H]1Nc1nc2c(N3C4CCC3CC4)c(-c3cn[nH]c3)ncn2n1. The first-order valence-electron chi connectivity index (χ1n) is 10.3. The molecule has 3 aromatic rings. The summed E-state index contributed by atoms with van der Waals surface area (Å²) >= 11 is 0. The van der Waals surface area contributed by atoms with Crippen LogP contribution in [-0.4, -0.2) is 67.3 Å². The summed E-state index contributed by atoms with van der Waals surface area (Å²) in [5.74, 6) is 0.429. The van der Waals surface area contributed by atoms with Crippen LogP contribution < -0.4 is 10.2 Å². The molecule has 3 aliphatic heterocycles. The van der Waals surface area contributed by atoms with E-state index < -0.39 is 6.17 Å². The van der Waals surface area contributed by atoms with Gasteiger partial charge in [0.05, 0.1) is 18.8 Å². The molecule has 0 aliphatic carbocycles. The third-order valence-corrected chi connectivity index (χ3v) is 6.45. The van der Waals surface area contributed by atoms with E-state index in [2.05, 4.69) is 25.5 Å². The Hall–Kier alpha value is -2.75. The number of anilines is 2. The average Bonchev–Trinajstić information content (AvgIpc) is 3.53. The molecule has 0 amide bonds. The first-order chi connectivity index (χ1) is 14.3. The van der Waals surface area contributed by atoms with Crippen molar-refractivity contribution in [2.24, 2.45) is 0 Å². The summed E-state index contributed by atoms with van der Waals surface area (Å²) in [5.41, 5.74) is 3.54. The number of nitrogens with one attached hydrogen (secondary N) is 2. The molecule has 29 heavy (non-hydrogen) atoms. The highest BCUT2D eigenvalue weighted by Gasteiger charge is 2.42. The summed E-state index contributed by atoms with van der Waals surface area (Å²) in [6, 6.07) is 0.684. The topological polar surface area (TPSA) is 96.3 Å². The van der Waals surface area contributed by atoms with Crippen molar-refractivity contribution < 1.29 is 9.13 Å². The van der Waals surface area contributed by atoms with Crippen molar-refractivity contribution >= 4 is 17.3 Å². The largest absolute Gasteiger partial charge is 0.378 e. The number of nitrogens with zero attached hydrogens (tertiary/aromatic N) is 6. The zero-order valence-corrected chi connectivity index (χ0v) is 16.0. The molecule has 0 aromatic carbocycles. The maximum atomic E-state index is 14.2. The number of halogens is 1. The van der Waals surface area contributed by atoms with E-state index in [1.807, 2.05) is 6.20 Å². The van der Waals surface area contributed by atoms with E-state index in [-0.39, 0.29) is 12.6 Å². The molecule has 3 aromatic heterocycles. The molecule has 0 spiro atoms. The van der Waals surface area contributed by atoms with Gasteiger partial charge in [0.15, 0.2) is 5.65 Å². The highest BCUT2D eigenvalue weighted by Crippen LogP contribution is 2.45. The fourth-order valence-corrected chi connectivity index (χ4v) is 5.04. The van der Waals surface area contributed by atoms with Crippen molar-refractivity contribution in [3.63, 3.8) is 0 Å². The Morgan fingerprint density at radius 2 is 2.00 bits per heavy atom. The molecule has 0 saturated carbocycles. The molecule has 10 heteroatoms. The van der Waals surface area contributed by atoms with Gasteiger partial charge in [-0.25, -0.2) is 9.37 Å². The van der Waals surface area contributed by atoms with Crippen LogP contribution in [0.25, 0.3) is 16.9 Å². The Kier molecular flexibility index (Phi) is 3.93. The van der Waals surface area contributed by atoms with Gasteiger partial charge in [0, 0.05) is 30.5 Å². The number of hydrogen-bond acceptors (Lipinski definition) is 7. The molecule has 6 rings (SSSR count). The monoisotopic (exact) mass is 398 g/mol. The van der Waals surface area contributed by atoms with Crippen LogP contribution >= 0.6 is 0 Å². The quantitative estimate of drug-likeness (QED) is 0.695. The highest BCUT2D eigenvalue weighted by atomic mass is 19.1.